The van der Waals surface area contributed by atoms with E-state index in [1.807, 2.05) is 0 Å². The van der Waals surface area contributed by atoms with Crippen molar-refractivity contribution in [3.8, 4) is 23.3 Å². The molecule has 2 rings (SSSR count). The number of allylic oxidation sites excluding steroid dienone is 1. The molecule has 3 N–H and O–H groups in total. The van der Waals surface area contributed by atoms with Crippen LogP contribution in [0.3, 0.4) is 0 Å². The summed E-state index contributed by atoms with van der Waals surface area (Å²) in [4.78, 5) is 11.6. The van der Waals surface area contributed by atoms with Gasteiger partial charge in [0, 0.05) is 6.07 Å². The lowest BCUT2D eigenvalue weighted by Gasteiger charge is -2.11. The number of hydrogen-bond donors (Lipinski definition) is 2. The lowest BCUT2D eigenvalue weighted by molar-refractivity contribution is -0.114. The number of nitriles is 1. The number of rotatable bonds is 7. The summed E-state index contributed by atoms with van der Waals surface area (Å²) in [5.41, 5.74) is 7.60. The Morgan fingerprint density at radius 2 is 1.75 bits per heavy atom. The van der Waals surface area contributed by atoms with E-state index in [2.05, 4.69) is 11.4 Å². The number of anilines is 1. The molecule has 0 bridgehead atoms. The number of nitrogens with zero attached hydrogens (tertiary/aromatic N) is 1. The van der Waals surface area contributed by atoms with Crippen LogP contribution in [0.1, 0.15) is 11.1 Å². The zero-order chi connectivity index (χ0) is 19.8. The molecule has 8 heteroatoms. The highest BCUT2D eigenvalue weighted by atomic mass is 35.5. The van der Waals surface area contributed by atoms with E-state index >= 15 is 0 Å². The molecule has 0 heterocycles. The number of benzene rings is 2. The largest absolute Gasteiger partial charge is 0.497 e. The zero-order valence-electron chi connectivity index (χ0n) is 15.8. The number of nitrogens with one attached hydrogen (secondary N) is 1. The summed E-state index contributed by atoms with van der Waals surface area (Å²) in [5.74, 6) is 1.32. The van der Waals surface area contributed by atoms with Crippen molar-refractivity contribution >= 4 is 35.7 Å². The van der Waals surface area contributed by atoms with Crippen LogP contribution in [0.5, 0.6) is 17.2 Å². The molecular weight excluding hydrogens is 382 g/mol. The molecule has 148 valence electrons. The van der Waals surface area contributed by atoms with Gasteiger partial charge >= 0.3 is 0 Å². The Morgan fingerprint density at radius 1 is 1.11 bits per heavy atom. The molecule has 0 saturated carbocycles. The monoisotopic (exact) mass is 403 g/mol. The molecule has 0 aliphatic carbocycles. The van der Waals surface area contributed by atoms with Crippen molar-refractivity contribution in [1.29, 1.82) is 5.26 Å². The topological polar surface area (TPSA) is 107 Å². The van der Waals surface area contributed by atoms with Crippen LogP contribution in [0.2, 0.25) is 0 Å². The Morgan fingerprint density at radius 3 is 2.25 bits per heavy atom. The Kier molecular flexibility index (Phi) is 8.82. The van der Waals surface area contributed by atoms with Crippen molar-refractivity contribution in [1.82, 2.24) is 0 Å². The highest BCUT2D eigenvalue weighted by Gasteiger charge is 2.10. The van der Waals surface area contributed by atoms with Crippen LogP contribution in [0.15, 0.2) is 36.4 Å². The highest BCUT2D eigenvalue weighted by Crippen LogP contribution is 2.30. The predicted octanol–water partition coefficient (Wildman–Crippen LogP) is 3.10. The van der Waals surface area contributed by atoms with E-state index in [-0.39, 0.29) is 24.9 Å². The number of amides is 1. The molecule has 0 spiro atoms. The number of ether oxygens (including phenoxy) is 3. The summed E-state index contributed by atoms with van der Waals surface area (Å²) in [6.45, 7) is -0.143. The predicted molar refractivity (Wildman–Crippen MR) is 111 cm³/mol. The van der Waals surface area contributed by atoms with Crippen molar-refractivity contribution < 1.29 is 19.0 Å². The van der Waals surface area contributed by atoms with E-state index in [9.17, 15) is 10.1 Å². The number of nitrogens with two attached hydrogens (primary N) is 1. The Balaban J connectivity index is 0.00000392. The summed E-state index contributed by atoms with van der Waals surface area (Å²) < 4.78 is 15.8. The first-order valence-corrected chi connectivity index (χ1v) is 8.07. The molecule has 1 amide bonds. The van der Waals surface area contributed by atoms with Crippen molar-refractivity contribution in [2.75, 3.05) is 33.2 Å². The standard InChI is InChI=1S/C20H21N3O4.ClH/c1-25-16-8-14(9-17(10-16)26-2)15(11-21)6-13-4-5-19(27-3)18(7-13)23-20(24)12-22;/h4-10H,12,22H2,1-3H3,(H,23,24);1H. The zero-order valence-corrected chi connectivity index (χ0v) is 16.6. The number of hydrogen-bond acceptors (Lipinski definition) is 6. The van der Waals surface area contributed by atoms with Gasteiger partial charge in [-0.1, -0.05) is 6.07 Å². The van der Waals surface area contributed by atoms with Gasteiger partial charge in [0.05, 0.1) is 45.2 Å². The number of carbonyl (C=O) groups excluding carboxylic acids is 1. The maximum Gasteiger partial charge on any atom is 0.238 e. The summed E-state index contributed by atoms with van der Waals surface area (Å²) >= 11 is 0. The van der Waals surface area contributed by atoms with Crippen LogP contribution >= 0.6 is 12.4 Å². The third kappa shape index (κ3) is 5.64. The second kappa shape index (κ2) is 10.8. The minimum atomic E-state index is -0.340. The molecule has 0 atom stereocenters. The molecule has 28 heavy (non-hydrogen) atoms. The Bertz CT molecular complexity index is 885. The Hall–Kier alpha value is -3.21. The minimum absolute atomic E-state index is 0. The van der Waals surface area contributed by atoms with Crippen molar-refractivity contribution in [2.24, 2.45) is 5.73 Å². The van der Waals surface area contributed by atoms with E-state index in [0.717, 1.165) is 0 Å². The van der Waals surface area contributed by atoms with Crippen LogP contribution < -0.4 is 25.3 Å². The maximum absolute atomic E-state index is 11.6. The summed E-state index contributed by atoms with van der Waals surface area (Å²) in [6.07, 6.45) is 1.70. The lowest BCUT2D eigenvalue weighted by Crippen LogP contribution is -2.22. The van der Waals surface area contributed by atoms with Crippen LogP contribution in [0.25, 0.3) is 11.6 Å². The molecule has 2 aromatic carbocycles. The first kappa shape index (κ1) is 22.8. The fourth-order valence-corrected chi connectivity index (χ4v) is 2.42. The number of halogens is 1. The van der Waals surface area contributed by atoms with E-state index in [0.29, 0.717) is 39.6 Å². The molecule has 0 aliphatic heterocycles. The normalized spacial score (nSPS) is 10.3. The quantitative estimate of drug-likeness (QED) is 0.543. The molecule has 0 unspecified atom stereocenters. The fourth-order valence-electron chi connectivity index (χ4n) is 2.42. The van der Waals surface area contributed by atoms with Crippen molar-refractivity contribution in [3.05, 3.63) is 47.5 Å². The van der Waals surface area contributed by atoms with Gasteiger partial charge in [-0.2, -0.15) is 5.26 Å². The van der Waals surface area contributed by atoms with Gasteiger partial charge in [-0.25, -0.2) is 0 Å². The van der Waals surface area contributed by atoms with Crippen LogP contribution in [-0.4, -0.2) is 33.8 Å². The second-order valence-electron chi connectivity index (χ2n) is 5.48. The van der Waals surface area contributed by atoms with Gasteiger partial charge < -0.3 is 25.3 Å². The fraction of sp³-hybridized carbons (Fsp3) is 0.200. The molecule has 0 aliphatic rings. The summed E-state index contributed by atoms with van der Waals surface area (Å²) in [6, 6.07) is 12.6. The molecule has 2 aromatic rings. The third-order valence-electron chi connectivity index (χ3n) is 3.78. The first-order chi connectivity index (χ1) is 13.0. The SMILES string of the molecule is COc1cc(OC)cc(C(C#N)=Cc2ccc(OC)c(NC(=O)CN)c2)c1.Cl. The van der Waals surface area contributed by atoms with Gasteiger partial charge in [-0.3, -0.25) is 4.79 Å². The van der Waals surface area contributed by atoms with Gasteiger partial charge in [0.1, 0.15) is 17.2 Å². The smallest absolute Gasteiger partial charge is 0.238 e. The molecule has 7 nitrogen and oxygen atoms in total. The van der Waals surface area contributed by atoms with E-state index in [1.165, 1.54) is 7.11 Å². The van der Waals surface area contributed by atoms with Crippen molar-refractivity contribution in [2.45, 2.75) is 0 Å². The van der Waals surface area contributed by atoms with Gasteiger partial charge in [0.25, 0.3) is 0 Å². The summed E-state index contributed by atoms with van der Waals surface area (Å²) in [7, 11) is 4.60. The molecule has 0 aromatic heterocycles. The van der Waals surface area contributed by atoms with Gasteiger partial charge in [-0.05, 0) is 41.5 Å². The molecule has 0 fully saturated rings. The van der Waals surface area contributed by atoms with E-state index < -0.39 is 0 Å². The summed E-state index contributed by atoms with van der Waals surface area (Å²) in [5, 5.41) is 12.3. The Labute approximate surface area is 170 Å². The van der Waals surface area contributed by atoms with Crippen LogP contribution in [0.4, 0.5) is 5.69 Å². The third-order valence-corrected chi connectivity index (χ3v) is 3.78. The highest BCUT2D eigenvalue weighted by molar-refractivity contribution is 5.95. The second-order valence-corrected chi connectivity index (χ2v) is 5.48. The molecular formula is C20H22ClN3O4. The van der Waals surface area contributed by atoms with Gasteiger partial charge in [-0.15, -0.1) is 12.4 Å². The van der Waals surface area contributed by atoms with Crippen LogP contribution in [-0.2, 0) is 4.79 Å². The van der Waals surface area contributed by atoms with Gasteiger partial charge in [0.2, 0.25) is 5.91 Å². The average Bonchev–Trinajstić information content (AvgIpc) is 2.71. The lowest BCUT2D eigenvalue weighted by atomic mass is 10.0. The van der Waals surface area contributed by atoms with E-state index in [4.69, 9.17) is 19.9 Å². The van der Waals surface area contributed by atoms with Gasteiger partial charge in [0.15, 0.2) is 0 Å². The minimum Gasteiger partial charge on any atom is -0.497 e. The molecule has 0 saturated heterocycles. The average molecular weight is 404 g/mol. The number of carbonyl (C=O) groups is 1. The van der Waals surface area contributed by atoms with E-state index in [1.54, 1.807) is 56.7 Å². The van der Waals surface area contributed by atoms with Crippen LogP contribution in [0, 0.1) is 11.3 Å². The molecule has 0 radical (unpaired) electrons. The number of methoxy groups -OCH3 is 3. The van der Waals surface area contributed by atoms with Crippen molar-refractivity contribution in [3.63, 3.8) is 0 Å². The first-order valence-electron chi connectivity index (χ1n) is 8.07. The maximum atomic E-state index is 11.6.